The molecule has 2 aliphatic heterocycles. The number of nitrogens with zero attached hydrogens (tertiary/aromatic N) is 1. The number of benzene rings is 1. The molecule has 2 aliphatic rings. The summed E-state index contributed by atoms with van der Waals surface area (Å²) in [5.74, 6) is -2.64. The second-order valence-corrected chi connectivity index (χ2v) is 8.65. The van der Waals surface area contributed by atoms with E-state index in [1.165, 1.54) is 6.92 Å². The van der Waals surface area contributed by atoms with Crippen molar-refractivity contribution < 1.29 is 29.4 Å². The number of carboxylic acid groups (broad SMARTS) is 1. The number of nitrogens with one attached hydrogen (secondary N) is 3. The quantitative estimate of drug-likeness (QED) is 0.331. The third-order valence-corrected chi connectivity index (χ3v) is 6.16. The minimum Gasteiger partial charge on any atom is -0.480 e. The van der Waals surface area contributed by atoms with E-state index >= 15 is 0 Å². The molecule has 1 aromatic rings. The molecular weight excluding hydrogens is 428 g/mol. The van der Waals surface area contributed by atoms with Crippen molar-refractivity contribution in [1.82, 2.24) is 20.9 Å². The van der Waals surface area contributed by atoms with E-state index in [0.29, 0.717) is 19.4 Å². The summed E-state index contributed by atoms with van der Waals surface area (Å²) in [4.78, 5) is 52.0. The molecule has 5 unspecified atom stereocenters. The van der Waals surface area contributed by atoms with Crippen LogP contribution in [-0.4, -0.2) is 82.2 Å². The van der Waals surface area contributed by atoms with Crippen LogP contribution >= 0.6 is 0 Å². The Balaban J connectivity index is 1.74. The van der Waals surface area contributed by atoms with Crippen molar-refractivity contribution in [3.8, 4) is 0 Å². The summed E-state index contributed by atoms with van der Waals surface area (Å²) in [5, 5.41) is 27.2. The van der Waals surface area contributed by atoms with Gasteiger partial charge in [0.05, 0.1) is 12.1 Å². The van der Waals surface area contributed by atoms with E-state index < -0.39 is 42.0 Å². The number of likely N-dealkylation sites (tertiary alicyclic amines) is 1. The molecule has 5 atom stereocenters. The average Bonchev–Trinajstić information content (AvgIpc) is 3.49. The van der Waals surface area contributed by atoms with E-state index in [1.54, 1.807) is 29.2 Å². The molecule has 0 bridgehead atoms. The predicted molar refractivity (Wildman–Crippen MR) is 119 cm³/mol. The molecule has 0 radical (unpaired) electrons. The van der Waals surface area contributed by atoms with Gasteiger partial charge in [-0.05, 0) is 44.7 Å². The van der Waals surface area contributed by atoms with Crippen LogP contribution in [0.3, 0.4) is 0 Å². The van der Waals surface area contributed by atoms with E-state index in [9.17, 15) is 29.4 Å². The van der Waals surface area contributed by atoms with Gasteiger partial charge < -0.3 is 31.1 Å². The number of hydrogen-bond donors (Lipinski definition) is 5. The second kappa shape index (κ2) is 11.2. The molecule has 2 heterocycles. The first-order valence-corrected chi connectivity index (χ1v) is 11.4. The molecular formula is C23H32N4O6. The van der Waals surface area contributed by atoms with E-state index in [1.807, 2.05) is 6.07 Å². The fourth-order valence-electron chi connectivity index (χ4n) is 4.37. The van der Waals surface area contributed by atoms with Crippen molar-refractivity contribution in [1.29, 1.82) is 0 Å². The molecule has 2 saturated heterocycles. The van der Waals surface area contributed by atoms with Crippen LogP contribution in [0.2, 0.25) is 0 Å². The number of aliphatic hydroxyl groups is 1. The maximum Gasteiger partial charge on any atom is 0.328 e. The fourth-order valence-corrected chi connectivity index (χ4v) is 4.37. The first-order valence-electron chi connectivity index (χ1n) is 11.4. The molecule has 2 fully saturated rings. The number of carboxylic acids is 1. The van der Waals surface area contributed by atoms with Crippen LogP contribution < -0.4 is 16.0 Å². The van der Waals surface area contributed by atoms with Gasteiger partial charge in [-0.25, -0.2) is 4.79 Å². The molecule has 0 aliphatic carbocycles. The summed E-state index contributed by atoms with van der Waals surface area (Å²) >= 11 is 0. The van der Waals surface area contributed by atoms with Crippen LogP contribution in [0.4, 0.5) is 0 Å². The van der Waals surface area contributed by atoms with E-state index in [4.69, 9.17) is 0 Å². The number of hydrogen-bond acceptors (Lipinski definition) is 6. The lowest BCUT2D eigenvalue weighted by atomic mass is 10.0. The number of rotatable bonds is 9. The van der Waals surface area contributed by atoms with Crippen LogP contribution in [0.5, 0.6) is 0 Å². The Morgan fingerprint density at radius 3 is 2.45 bits per heavy atom. The topological polar surface area (TPSA) is 148 Å². The standard InChI is InChI=1S/C23H32N4O6/c1-14(28)19(23(32)33)26-20(29)17(13-15-7-3-2-4-8-15)25-21(30)18-10-6-12-27(18)22(31)16-9-5-11-24-16/h2-4,7-8,14,16-19,24,28H,5-6,9-13H2,1H3,(H,25,30)(H,26,29)(H,32,33). The first kappa shape index (κ1) is 24.7. The third kappa shape index (κ3) is 6.29. The Kier molecular flexibility index (Phi) is 8.40. The van der Waals surface area contributed by atoms with Gasteiger partial charge in [-0.1, -0.05) is 30.3 Å². The van der Waals surface area contributed by atoms with Gasteiger partial charge in [0, 0.05) is 13.0 Å². The SMILES string of the molecule is CC(O)C(NC(=O)C(Cc1ccccc1)NC(=O)C1CCCN1C(=O)C1CCCN1)C(=O)O. The van der Waals surface area contributed by atoms with Crippen molar-refractivity contribution in [2.45, 2.75) is 69.3 Å². The highest BCUT2D eigenvalue weighted by Crippen LogP contribution is 2.21. The Bertz CT molecular complexity index is 856. The van der Waals surface area contributed by atoms with Gasteiger partial charge in [0.25, 0.3) is 0 Å². The molecule has 0 saturated carbocycles. The van der Waals surface area contributed by atoms with Crippen molar-refractivity contribution in [2.75, 3.05) is 13.1 Å². The Morgan fingerprint density at radius 1 is 1.12 bits per heavy atom. The number of aliphatic carboxylic acids is 1. The zero-order valence-corrected chi connectivity index (χ0v) is 18.7. The third-order valence-electron chi connectivity index (χ3n) is 6.16. The Labute approximate surface area is 192 Å². The van der Waals surface area contributed by atoms with Crippen LogP contribution in [0, 0.1) is 0 Å². The molecule has 10 heteroatoms. The van der Waals surface area contributed by atoms with Crippen LogP contribution in [0.15, 0.2) is 30.3 Å². The smallest absolute Gasteiger partial charge is 0.328 e. The van der Waals surface area contributed by atoms with Crippen molar-refractivity contribution in [3.63, 3.8) is 0 Å². The summed E-state index contributed by atoms with van der Waals surface area (Å²) in [7, 11) is 0. The Hall–Kier alpha value is -2.98. The minimum atomic E-state index is -1.51. The number of carbonyl (C=O) groups excluding carboxylic acids is 3. The summed E-state index contributed by atoms with van der Waals surface area (Å²) < 4.78 is 0. The van der Waals surface area contributed by atoms with E-state index in [2.05, 4.69) is 16.0 Å². The number of amides is 3. The van der Waals surface area contributed by atoms with E-state index in [-0.39, 0.29) is 18.4 Å². The van der Waals surface area contributed by atoms with Gasteiger partial charge in [0.1, 0.15) is 12.1 Å². The highest BCUT2D eigenvalue weighted by molar-refractivity contribution is 5.94. The predicted octanol–water partition coefficient (Wildman–Crippen LogP) is -0.593. The Morgan fingerprint density at radius 2 is 1.85 bits per heavy atom. The fraction of sp³-hybridized carbons (Fsp3) is 0.565. The first-order chi connectivity index (χ1) is 15.8. The normalized spacial score (nSPS) is 22.9. The van der Waals surface area contributed by atoms with Gasteiger partial charge in [0.2, 0.25) is 17.7 Å². The molecule has 1 aromatic carbocycles. The monoisotopic (exact) mass is 460 g/mol. The average molecular weight is 461 g/mol. The van der Waals surface area contributed by atoms with E-state index in [0.717, 1.165) is 24.9 Å². The summed E-state index contributed by atoms with van der Waals surface area (Å²) in [6.45, 7) is 2.52. The van der Waals surface area contributed by atoms with Crippen molar-refractivity contribution in [2.24, 2.45) is 0 Å². The number of aliphatic hydroxyl groups excluding tert-OH is 1. The van der Waals surface area contributed by atoms with Crippen LogP contribution in [-0.2, 0) is 25.6 Å². The molecule has 5 N–H and O–H groups in total. The van der Waals surface area contributed by atoms with Gasteiger partial charge in [-0.15, -0.1) is 0 Å². The molecule has 33 heavy (non-hydrogen) atoms. The second-order valence-electron chi connectivity index (χ2n) is 8.65. The molecule has 0 aromatic heterocycles. The highest BCUT2D eigenvalue weighted by atomic mass is 16.4. The lowest BCUT2D eigenvalue weighted by Crippen LogP contribution is -2.58. The molecule has 10 nitrogen and oxygen atoms in total. The summed E-state index contributed by atoms with van der Waals surface area (Å²) in [6, 6.07) is 5.47. The molecule has 3 amide bonds. The molecule has 180 valence electrons. The van der Waals surface area contributed by atoms with Gasteiger partial charge >= 0.3 is 5.97 Å². The zero-order chi connectivity index (χ0) is 24.0. The largest absolute Gasteiger partial charge is 0.480 e. The van der Waals surface area contributed by atoms with Gasteiger partial charge in [0.15, 0.2) is 6.04 Å². The number of carbonyl (C=O) groups is 4. The molecule has 0 spiro atoms. The lowest BCUT2D eigenvalue weighted by Gasteiger charge is -2.29. The van der Waals surface area contributed by atoms with Crippen molar-refractivity contribution >= 4 is 23.7 Å². The van der Waals surface area contributed by atoms with Gasteiger partial charge in [-0.2, -0.15) is 0 Å². The van der Waals surface area contributed by atoms with Crippen LogP contribution in [0.1, 0.15) is 38.2 Å². The maximum atomic E-state index is 13.2. The zero-order valence-electron chi connectivity index (χ0n) is 18.7. The van der Waals surface area contributed by atoms with Crippen LogP contribution in [0.25, 0.3) is 0 Å². The lowest BCUT2D eigenvalue weighted by molar-refractivity contribution is -0.145. The molecule has 3 rings (SSSR count). The van der Waals surface area contributed by atoms with Gasteiger partial charge in [-0.3, -0.25) is 14.4 Å². The minimum absolute atomic E-state index is 0.103. The summed E-state index contributed by atoms with van der Waals surface area (Å²) in [6.07, 6.45) is 1.65. The highest BCUT2D eigenvalue weighted by Gasteiger charge is 2.39. The summed E-state index contributed by atoms with van der Waals surface area (Å²) in [5.41, 5.74) is 0.774. The maximum absolute atomic E-state index is 13.2. The van der Waals surface area contributed by atoms with Crippen molar-refractivity contribution in [3.05, 3.63) is 35.9 Å².